The fraction of sp³-hybridized carbons (Fsp3) is 0.154. The Balaban J connectivity index is 2.53. The molecule has 0 amide bonds. The summed E-state index contributed by atoms with van der Waals surface area (Å²) in [6.45, 7) is 3.40. The van der Waals surface area contributed by atoms with E-state index >= 15 is 0 Å². The molecule has 2 aromatic rings. The van der Waals surface area contributed by atoms with Crippen LogP contribution >= 0.6 is 11.6 Å². The molecule has 0 aromatic carbocycles. The molecule has 0 saturated carbocycles. The quantitative estimate of drug-likeness (QED) is 0.618. The van der Waals surface area contributed by atoms with Crippen LogP contribution in [-0.4, -0.2) is 15.8 Å². The maximum Gasteiger partial charge on any atom is 0.224 e. The van der Waals surface area contributed by atoms with Crippen molar-refractivity contribution in [2.75, 3.05) is 0 Å². The van der Waals surface area contributed by atoms with Crippen molar-refractivity contribution >= 4 is 17.4 Å². The monoisotopic (exact) mass is 264 g/mol. The van der Waals surface area contributed by atoms with Gasteiger partial charge in [-0.3, -0.25) is 4.79 Å². The summed E-state index contributed by atoms with van der Waals surface area (Å²) < 4.78 is 13.5. The molecule has 0 aliphatic carbocycles. The van der Waals surface area contributed by atoms with E-state index in [1.807, 2.05) is 0 Å². The Morgan fingerprint density at radius 3 is 2.78 bits per heavy atom. The number of aromatic nitrogens is 2. The van der Waals surface area contributed by atoms with Crippen molar-refractivity contribution in [1.82, 2.24) is 9.97 Å². The fourth-order valence-corrected chi connectivity index (χ4v) is 1.79. The van der Waals surface area contributed by atoms with Crippen LogP contribution < -0.4 is 0 Å². The third kappa shape index (κ3) is 2.24. The van der Waals surface area contributed by atoms with Gasteiger partial charge in [-0.1, -0.05) is 11.6 Å². The Kier molecular flexibility index (Phi) is 3.39. The summed E-state index contributed by atoms with van der Waals surface area (Å²) in [5.74, 6) is -1.28. The first-order valence-electron chi connectivity index (χ1n) is 5.29. The Hall–Kier alpha value is -1.81. The van der Waals surface area contributed by atoms with Crippen LogP contribution in [0.1, 0.15) is 27.3 Å². The molecule has 0 aliphatic heterocycles. The van der Waals surface area contributed by atoms with Crippen molar-refractivity contribution < 1.29 is 9.18 Å². The van der Waals surface area contributed by atoms with Crippen LogP contribution in [0.5, 0.6) is 0 Å². The molecule has 0 aliphatic rings. The summed E-state index contributed by atoms with van der Waals surface area (Å²) in [6.07, 6.45) is 1.29. The van der Waals surface area contributed by atoms with Gasteiger partial charge in [-0.2, -0.15) is 4.39 Å². The number of hydrogen-bond donors (Lipinski definition) is 0. The van der Waals surface area contributed by atoms with Crippen molar-refractivity contribution in [3.63, 3.8) is 0 Å². The van der Waals surface area contributed by atoms with Crippen molar-refractivity contribution in [2.45, 2.75) is 13.8 Å². The zero-order valence-electron chi connectivity index (χ0n) is 9.87. The third-order valence-electron chi connectivity index (χ3n) is 2.56. The Morgan fingerprint density at radius 1 is 1.39 bits per heavy atom. The second-order valence-electron chi connectivity index (χ2n) is 3.89. The second-order valence-corrected chi connectivity index (χ2v) is 4.30. The SMILES string of the molecule is Cc1cc(Cl)c(C)nc1C(=O)c1cccnc1F. The lowest BCUT2D eigenvalue weighted by Crippen LogP contribution is -2.10. The molecule has 0 N–H and O–H groups in total. The van der Waals surface area contributed by atoms with E-state index in [0.717, 1.165) is 0 Å². The van der Waals surface area contributed by atoms with E-state index in [1.54, 1.807) is 19.9 Å². The zero-order valence-corrected chi connectivity index (χ0v) is 10.6. The predicted octanol–water partition coefficient (Wildman–Crippen LogP) is 3.12. The average molecular weight is 265 g/mol. The summed E-state index contributed by atoms with van der Waals surface area (Å²) in [5, 5.41) is 0.482. The van der Waals surface area contributed by atoms with E-state index in [0.29, 0.717) is 16.3 Å². The smallest absolute Gasteiger partial charge is 0.224 e. The van der Waals surface area contributed by atoms with E-state index in [4.69, 9.17) is 11.6 Å². The molecule has 0 unspecified atom stereocenters. The highest BCUT2D eigenvalue weighted by Crippen LogP contribution is 2.20. The Bertz CT molecular complexity index is 628. The van der Waals surface area contributed by atoms with Gasteiger partial charge in [-0.25, -0.2) is 9.97 Å². The number of aryl methyl sites for hydroxylation is 2. The number of nitrogens with zero attached hydrogens (tertiary/aromatic N) is 2. The number of ketones is 1. The molecule has 2 rings (SSSR count). The highest BCUT2D eigenvalue weighted by Gasteiger charge is 2.18. The van der Waals surface area contributed by atoms with Gasteiger partial charge in [0.05, 0.1) is 16.3 Å². The molecular formula is C13H10ClFN2O. The van der Waals surface area contributed by atoms with Crippen molar-refractivity contribution in [3.8, 4) is 0 Å². The van der Waals surface area contributed by atoms with Gasteiger partial charge >= 0.3 is 0 Å². The molecule has 18 heavy (non-hydrogen) atoms. The first kappa shape index (κ1) is 12.6. The lowest BCUT2D eigenvalue weighted by molar-refractivity contribution is 0.102. The summed E-state index contributed by atoms with van der Waals surface area (Å²) in [7, 11) is 0. The average Bonchev–Trinajstić information content (AvgIpc) is 2.33. The molecule has 0 atom stereocenters. The van der Waals surface area contributed by atoms with Gasteiger partial charge in [0.1, 0.15) is 5.69 Å². The number of rotatable bonds is 2. The lowest BCUT2D eigenvalue weighted by atomic mass is 10.1. The van der Waals surface area contributed by atoms with Gasteiger partial charge in [-0.15, -0.1) is 0 Å². The van der Waals surface area contributed by atoms with Crippen LogP contribution in [-0.2, 0) is 0 Å². The number of hydrogen-bond acceptors (Lipinski definition) is 3. The molecule has 0 spiro atoms. The topological polar surface area (TPSA) is 42.9 Å². The summed E-state index contributed by atoms with van der Waals surface area (Å²) in [4.78, 5) is 19.7. The normalized spacial score (nSPS) is 10.4. The molecule has 0 saturated heterocycles. The maximum atomic E-state index is 13.5. The van der Waals surface area contributed by atoms with E-state index < -0.39 is 11.7 Å². The summed E-state index contributed by atoms with van der Waals surface area (Å²) in [5.41, 5.74) is 1.26. The largest absolute Gasteiger partial charge is 0.287 e. The minimum Gasteiger partial charge on any atom is -0.287 e. The summed E-state index contributed by atoms with van der Waals surface area (Å²) >= 11 is 5.91. The van der Waals surface area contributed by atoms with Crippen molar-refractivity contribution in [2.24, 2.45) is 0 Å². The molecule has 3 nitrogen and oxygen atoms in total. The van der Waals surface area contributed by atoms with E-state index in [2.05, 4.69) is 9.97 Å². The zero-order chi connectivity index (χ0) is 13.3. The third-order valence-corrected chi connectivity index (χ3v) is 2.94. The van der Waals surface area contributed by atoms with Crippen LogP contribution in [0.2, 0.25) is 5.02 Å². The van der Waals surface area contributed by atoms with Gasteiger partial charge in [0.25, 0.3) is 0 Å². The highest BCUT2D eigenvalue weighted by molar-refractivity contribution is 6.31. The van der Waals surface area contributed by atoms with Crippen LogP contribution in [0.3, 0.4) is 0 Å². The Morgan fingerprint density at radius 2 is 2.11 bits per heavy atom. The fourth-order valence-electron chi connectivity index (χ4n) is 1.58. The van der Waals surface area contributed by atoms with Gasteiger partial charge < -0.3 is 0 Å². The maximum absolute atomic E-state index is 13.5. The number of halogens is 2. The van der Waals surface area contributed by atoms with Gasteiger partial charge in [0.2, 0.25) is 11.7 Å². The van der Waals surface area contributed by atoms with Crippen LogP contribution in [0.4, 0.5) is 4.39 Å². The van der Waals surface area contributed by atoms with E-state index in [9.17, 15) is 9.18 Å². The first-order valence-corrected chi connectivity index (χ1v) is 5.67. The molecule has 2 aromatic heterocycles. The van der Waals surface area contributed by atoms with Gasteiger partial charge in [0, 0.05) is 6.20 Å². The Labute approximate surface area is 109 Å². The van der Waals surface area contributed by atoms with Crippen molar-refractivity contribution in [1.29, 1.82) is 0 Å². The molecular weight excluding hydrogens is 255 g/mol. The molecule has 0 radical (unpaired) electrons. The molecule has 92 valence electrons. The minimum absolute atomic E-state index is 0.0881. The number of pyridine rings is 2. The second kappa shape index (κ2) is 4.82. The molecule has 5 heteroatoms. The molecule has 0 bridgehead atoms. The predicted molar refractivity (Wildman–Crippen MR) is 66.3 cm³/mol. The molecule has 0 fully saturated rings. The van der Waals surface area contributed by atoms with Gasteiger partial charge in [-0.05, 0) is 37.6 Å². The van der Waals surface area contributed by atoms with Crippen LogP contribution in [0.15, 0.2) is 24.4 Å². The van der Waals surface area contributed by atoms with E-state index in [-0.39, 0.29) is 11.3 Å². The number of carbonyl (C=O) groups is 1. The lowest BCUT2D eigenvalue weighted by Gasteiger charge is -2.07. The van der Waals surface area contributed by atoms with E-state index in [1.165, 1.54) is 18.3 Å². The first-order chi connectivity index (χ1) is 8.50. The highest BCUT2D eigenvalue weighted by atomic mass is 35.5. The van der Waals surface area contributed by atoms with Crippen LogP contribution in [0, 0.1) is 19.8 Å². The standard InChI is InChI=1S/C13H10ClFN2O/c1-7-6-10(14)8(2)17-11(7)12(18)9-4-3-5-16-13(9)15/h3-6H,1-2H3. The summed E-state index contributed by atoms with van der Waals surface area (Å²) in [6, 6.07) is 4.54. The van der Waals surface area contributed by atoms with Crippen LogP contribution in [0.25, 0.3) is 0 Å². The van der Waals surface area contributed by atoms with Crippen molar-refractivity contribution in [3.05, 3.63) is 57.9 Å². The number of carbonyl (C=O) groups excluding carboxylic acids is 1. The molecule has 2 heterocycles. The van der Waals surface area contributed by atoms with Gasteiger partial charge in [0.15, 0.2) is 0 Å². The minimum atomic E-state index is -0.795.